The van der Waals surface area contributed by atoms with Crippen LogP contribution in [0.2, 0.25) is 0 Å². The molecule has 0 aliphatic heterocycles. The Hall–Kier alpha value is -0.210. The lowest BCUT2D eigenvalue weighted by Gasteiger charge is -2.10. The number of rotatable bonds is 9. The molecule has 92 valence electrons. The van der Waals surface area contributed by atoms with Crippen LogP contribution in [0, 0.1) is 0 Å². The van der Waals surface area contributed by atoms with E-state index in [0.29, 0.717) is 19.4 Å². The highest BCUT2D eigenvalue weighted by Crippen LogP contribution is 1.94. The fraction of sp³-hybridized carbons (Fsp3) is 1.00. The molecule has 0 bridgehead atoms. The molecule has 15 heavy (non-hydrogen) atoms. The van der Waals surface area contributed by atoms with Gasteiger partial charge in [0.2, 0.25) is 0 Å². The van der Waals surface area contributed by atoms with E-state index in [9.17, 15) is 13.5 Å². The normalized spacial score (nSPS) is 14.1. The molecule has 0 aromatic rings. The van der Waals surface area contributed by atoms with E-state index < -0.39 is 16.3 Å². The van der Waals surface area contributed by atoms with Gasteiger partial charge in [-0.25, -0.2) is 4.72 Å². The zero-order valence-corrected chi connectivity index (χ0v) is 10.0. The van der Waals surface area contributed by atoms with Gasteiger partial charge < -0.3 is 9.84 Å². The Labute approximate surface area is 91.2 Å². The average Bonchev–Trinajstić information content (AvgIpc) is 2.17. The van der Waals surface area contributed by atoms with E-state index in [4.69, 9.17) is 4.74 Å². The van der Waals surface area contributed by atoms with Crippen molar-refractivity contribution in [1.29, 1.82) is 0 Å². The molecule has 0 spiro atoms. The zero-order chi connectivity index (χ0) is 11.7. The van der Waals surface area contributed by atoms with Crippen LogP contribution in [-0.4, -0.2) is 46.4 Å². The van der Waals surface area contributed by atoms with Crippen LogP contribution in [0.5, 0.6) is 0 Å². The van der Waals surface area contributed by atoms with Gasteiger partial charge in [-0.15, -0.1) is 0 Å². The number of ether oxygens (including phenoxy) is 1. The zero-order valence-electron chi connectivity index (χ0n) is 9.19. The second kappa shape index (κ2) is 8.00. The van der Waals surface area contributed by atoms with Crippen LogP contribution in [0.25, 0.3) is 0 Å². The summed E-state index contributed by atoms with van der Waals surface area (Å²) in [6.45, 7) is 2.65. The molecule has 0 fully saturated rings. The van der Waals surface area contributed by atoms with Crippen LogP contribution >= 0.6 is 0 Å². The molecule has 1 unspecified atom stereocenters. The summed E-state index contributed by atoms with van der Waals surface area (Å²) in [6.07, 6.45) is 0.590. The topological polar surface area (TPSA) is 87.7 Å². The highest BCUT2D eigenvalue weighted by molar-refractivity contribution is 7.87. The van der Waals surface area contributed by atoms with Gasteiger partial charge in [-0.2, -0.15) is 13.1 Å². The molecule has 0 aliphatic rings. The fourth-order valence-electron chi connectivity index (χ4n) is 0.893. The van der Waals surface area contributed by atoms with Crippen molar-refractivity contribution < 1.29 is 18.3 Å². The lowest BCUT2D eigenvalue weighted by atomic mass is 10.2. The minimum absolute atomic E-state index is 0.233. The van der Waals surface area contributed by atoms with E-state index in [2.05, 4.69) is 9.44 Å². The Morgan fingerprint density at radius 2 is 1.93 bits per heavy atom. The van der Waals surface area contributed by atoms with Crippen molar-refractivity contribution >= 4 is 10.2 Å². The number of nitrogens with one attached hydrogen (secondary N) is 2. The number of hydrogen-bond donors (Lipinski definition) is 3. The Morgan fingerprint density at radius 3 is 2.47 bits per heavy atom. The third kappa shape index (κ3) is 8.76. The van der Waals surface area contributed by atoms with Gasteiger partial charge in [0, 0.05) is 20.2 Å². The molecule has 0 aliphatic carbocycles. The predicted octanol–water partition coefficient (Wildman–Crippen LogP) is -0.782. The van der Waals surface area contributed by atoms with Gasteiger partial charge in [-0.3, -0.25) is 0 Å². The maximum absolute atomic E-state index is 11.2. The van der Waals surface area contributed by atoms with Crippen molar-refractivity contribution in [2.75, 3.05) is 26.8 Å². The molecule has 0 aromatic carbocycles. The molecule has 0 amide bonds. The molecule has 1 atom stereocenters. The van der Waals surface area contributed by atoms with Gasteiger partial charge >= 0.3 is 0 Å². The molecule has 0 heterocycles. The van der Waals surface area contributed by atoms with Crippen LogP contribution in [0.4, 0.5) is 0 Å². The summed E-state index contributed by atoms with van der Waals surface area (Å²) < 4.78 is 31.8. The maximum Gasteiger partial charge on any atom is 0.276 e. The van der Waals surface area contributed by atoms with E-state index in [0.717, 1.165) is 0 Å². The molecule has 0 aromatic heterocycles. The monoisotopic (exact) mass is 240 g/mol. The van der Waals surface area contributed by atoms with Crippen molar-refractivity contribution in [1.82, 2.24) is 9.44 Å². The van der Waals surface area contributed by atoms with Crippen molar-refractivity contribution in [3.63, 3.8) is 0 Å². The maximum atomic E-state index is 11.2. The van der Waals surface area contributed by atoms with Gasteiger partial charge in [0.1, 0.15) is 0 Å². The van der Waals surface area contributed by atoms with E-state index in [1.807, 2.05) is 6.92 Å². The molecule has 0 saturated heterocycles. The minimum Gasteiger partial charge on any atom is -0.393 e. The Morgan fingerprint density at radius 1 is 1.33 bits per heavy atom. The summed E-state index contributed by atoms with van der Waals surface area (Å²) in [5.74, 6) is 0. The molecule has 0 rings (SSSR count). The van der Waals surface area contributed by atoms with E-state index in [1.54, 1.807) is 0 Å². The third-order valence-electron chi connectivity index (χ3n) is 1.84. The first-order valence-corrected chi connectivity index (χ1v) is 6.41. The summed E-state index contributed by atoms with van der Waals surface area (Å²) in [7, 11) is -1.95. The highest BCUT2D eigenvalue weighted by Gasteiger charge is 2.08. The smallest absolute Gasteiger partial charge is 0.276 e. The molecular formula is C8H20N2O4S. The Kier molecular flexibility index (Phi) is 7.89. The third-order valence-corrected chi connectivity index (χ3v) is 3.01. The van der Waals surface area contributed by atoms with Crippen LogP contribution in [0.1, 0.15) is 19.8 Å². The molecule has 0 saturated carbocycles. The molecule has 3 N–H and O–H groups in total. The summed E-state index contributed by atoms with van der Waals surface area (Å²) in [5.41, 5.74) is 0. The lowest BCUT2D eigenvalue weighted by molar-refractivity contribution is 0.162. The number of methoxy groups -OCH3 is 1. The molecular weight excluding hydrogens is 220 g/mol. The van der Waals surface area contributed by atoms with Crippen LogP contribution in [0.3, 0.4) is 0 Å². The predicted molar refractivity (Wildman–Crippen MR) is 57.7 cm³/mol. The van der Waals surface area contributed by atoms with E-state index in [1.165, 1.54) is 7.11 Å². The van der Waals surface area contributed by atoms with Gasteiger partial charge in [0.15, 0.2) is 0 Å². The van der Waals surface area contributed by atoms with Crippen LogP contribution in [-0.2, 0) is 14.9 Å². The van der Waals surface area contributed by atoms with Crippen molar-refractivity contribution in [2.24, 2.45) is 0 Å². The van der Waals surface area contributed by atoms with Gasteiger partial charge in [-0.05, 0) is 12.8 Å². The first-order chi connectivity index (χ1) is 7.02. The van der Waals surface area contributed by atoms with Crippen LogP contribution < -0.4 is 9.44 Å². The summed E-state index contributed by atoms with van der Waals surface area (Å²) >= 11 is 0. The summed E-state index contributed by atoms with van der Waals surface area (Å²) in [6, 6.07) is 0. The highest BCUT2D eigenvalue weighted by atomic mass is 32.2. The number of aliphatic hydroxyl groups excluding tert-OH is 1. The summed E-state index contributed by atoms with van der Waals surface area (Å²) in [4.78, 5) is 0. The number of aliphatic hydroxyl groups is 1. The van der Waals surface area contributed by atoms with Gasteiger partial charge in [-0.1, -0.05) is 6.92 Å². The second-order valence-corrected chi connectivity index (χ2v) is 4.72. The second-order valence-electron chi connectivity index (χ2n) is 3.14. The Balaban J connectivity index is 3.65. The first kappa shape index (κ1) is 14.8. The van der Waals surface area contributed by atoms with Crippen LogP contribution in [0.15, 0.2) is 0 Å². The molecule has 0 radical (unpaired) electrons. The van der Waals surface area contributed by atoms with Crippen molar-refractivity contribution in [2.45, 2.75) is 25.9 Å². The fourth-order valence-corrected chi connectivity index (χ4v) is 1.73. The SMILES string of the molecule is CCC(O)CCNS(=O)(=O)NCCOC. The largest absolute Gasteiger partial charge is 0.393 e. The van der Waals surface area contributed by atoms with Gasteiger partial charge in [0.25, 0.3) is 10.2 Å². The molecule has 7 heteroatoms. The lowest BCUT2D eigenvalue weighted by Crippen LogP contribution is -2.39. The average molecular weight is 240 g/mol. The Bertz CT molecular complexity index is 243. The van der Waals surface area contributed by atoms with E-state index in [-0.39, 0.29) is 13.1 Å². The van der Waals surface area contributed by atoms with Crippen molar-refractivity contribution in [3.05, 3.63) is 0 Å². The quantitative estimate of drug-likeness (QED) is 0.461. The standard InChI is InChI=1S/C8H20N2O4S/c1-3-8(11)4-5-9-15(12,13)10-6-7-14-2/h8-11H,3-7H2,1-2H3. The van der Waals surface area contributed by atoms with E-state index >= 15 is 0 Å². The number of hydrogen-bond acceptors (Lipinski definition) is 4. The van der Waals surface area contributed by atoms with Crippen molar-refractivity contribution in [3.8, 4) is 0 Å². The first-order valence-electron chi connectivity index (χ1n) is 4.93. The summed E-state index contributed by atoms with van der Waals surface area (Å²) in [5, 5.41) is 9.19. The minimum atomic E-state index is -3.45. The van der Waals surface area contributed by atoms with Gasteiger partial charge in [0.05, 0.1) is 12.7 Å². The molecule has 6 nitrogen and oxygen atoms in total.